The fourth-order valence-electron chi connectivity index (χ4n) is 2.00. The molecule has 1 N–H and O–H groups in total. The van der Waals surface area contributed by atoms with Crippen LogP contribution in [0.5, 0.6) is 0 Å². The number of hydrogen-bond acceptors (Lipinski definition) is 4. The highest BCUT2D eigenvalue weighted by molar-refractivity contribution is 7.89. The molecule has 0 aromatic heterocycles. The number of benzene rings is 1. The molecule has 0 unspecified atom stereocenters. The lowest BCUT2D eigenvalue weighted by Gasteiger charge is -2.19. The van der Waals surface area contributed by atoms with Gasteiger partial charge in [-0.25, -0.2) is 13.1 Å². The Morgan fingerprint density at radius 1 is 1.09 bits per heavy atom. The van der Waals surface area contributed by atoms with Gasteiger partial charge in [0.1, 0.15) is 0 Å². The zero-order chi connectivity index (χ0) is 16.8. The highest BCUT2D eigenvalue weighted by Gasteiger charge is 2.17. The van der Waals surface area contributed by atoms with Crippen LogP contribution in [0.25, 0.3) is 0 Å². The van der Waals surface area contributed by atoms with E-state index < -0.39 is 16.0 Å². The van der Waals surface area contributed by atoms with E-state index in [9.17, 15) is 18.3 Å². The Balaban J connectivity index is 2.51. The van der Waals surface area contributed by atoms with Crippen molar-refractivity contribution < 1.29 is 18.3 Å². The van der Waals surface area contributed by atoms with Gasteiger partial charge in [-0.1, -0.05) is 39.3 Å². The van der Waals surface area contributed by atoms with Gasteiger partial charge < -0.3 is 9.90 Å². The molecule has 0 fully saturated rings. The Morgan fingerprint density at radius 3 is 2.18 bits per heavy atom. The smallest absolute Gasteiger partial charge is 0.240 e. The molecule has 0 radical (unpaired) electrons. The Kier molecular flexibility index (Phi) is 6.56. The van der Waals surface area contributed by atoms with Crippen molar-refractivity contribution in [2.24, 2.45) is 0 Å². The first kappa shape index (κ1) is 18.6. The number of nitrogens with one attached hydrogen (secondary N) is 1. The van der Waals surface area contributed by atoms with Gasteiger partial charge >= 0.3 is 0 Å². The SMILES string of the molecule is CC(C)(C)c1ccc(S(=O)(=O)NCCCCCC(=O)[O-])cc1. The number of sulfonamides is 1. The normalized spacial score (nSPS) is 12.3. The number of unbranched alkanes of at least 4 members (excludes halogenated alkanes) is 2. The molecular formula is C16H24NO4S-. The quantitative estimate of drug-likeness (QED) is 0.735. The fraction of sp³-hybridized carbons (Fsp3) is 0.562. The third-order valence-electron chi connectivity index (χ3n) is 3.38. The lowest BCUT2D eigenvalue weighted by Crippen LogP contribution is -2.25. The molecule has 22 heavy (non-hydrogen) atoms. The molecule has 0 bridgehead atoms. The van der Waals surface area contributed by atoms with Crippen LogP contribution in [0.1, 0.15) is 52.0 Å². The zero-order valence-corrected chi connectivity index (χ0v) is 14.2. The number of hydrogen-bond donors (Lipinski definition) is 1. The molecule has 1 aromatic carbocycles. The van der Waals surface area contributed by atoms with Gasteiger partial charge in [0.05, 0.1) is 4.90 Å². The van der Waals surface area contributed by atoms with Crippen molar-refractivity contribution in [1.82, 2.24) is 4.72 Å². The van der Waals surface area contributed by atoms with Gasteiger partial charge in [0.25, 0.3) is 0 Å². The second kappa shape index (κ2) is 7.74. The van der Waals surface area contributed by atoms with Crippen LogP contribution < -0.4 is 9.83 Å². The summed E-state index contributed by atoms with van der Waals surface area (Å²) in [6, 6.07) is 6.88. The summed E-state index contributed by atoms with van der Waals surface area (Å²) in [5, 5.41) is 10.3. The van der Waals surface area contributed by atoms with Gasteiger partial charge in [0.2, 0.25) is 10.0 Å². The number of carbonyl (C=O) groups is 1. The van der Waals surface area contributed by atoms with Crippen molar-refractivity contribution in [3.8, 4) is 0 Å². The van der Waals surface area contributed by atoms with Crippen molar-refractivity contribution in [2.45, 2.75) is 56.8 Å². The van der Waals surface area contributed by atoms with Crippen molar-refractivity contribution >= 4 is 16.0 Å². The van der Waals surface area contributed by atoms with E-state index >= 15 is 0 Å². The molecule has 124 valence electrons. The number of carboxylic acid groups (broad SMARTS) is 1. The summed E-state index contributed by atoms with van der Waals surface area (Å²) in [5.74, 6) is -1.07. The predicted molar refractivity (Wildman–Crippen MR) is 83.8 cm³/mol. The van der Waals surface area contributed by atoms with Crippen LogP contribution >= 0.6 is 0 Å². The molecule has 0 aliphatic carbocycles. The van der Waals surface area contributed by atoms with Crippen LogP contribution in [-0.2, 0) is 20.2 Å². The van der Waals surface area contributed by atoms with Gasteiger partial charge in [-0.3, -0.25) is 0 Å². The van der Waals surface area contributed by atoms with Crippen LogP contribution in [0, 0.1) is 0 Å². The topological polar surface area (TPSA) is 86.3 Å². The Labute approximate surface area is 132 Å². The molecular weight excluding hydrogens is 302 g/mol. The fourth-order valence-corrected chi connectivity index (χ4v) is 3.07. The molecule has 0 aliphatic heterocycles. The Hall–Kier alpha value is -1.40. The molecule has 0 saturated heterocycles. The summed E-state index contributed by atoms with van der Waals surface area (Å²) in [4.78, 5) is 10.5. The van der Waals surface area contributed by atoms with Crippen LogP contribution in [0.2, 0.25) is 0 Å². The standard InChI is InChI=1S/C16H25NO4S/c1-16(2,3)13-8-10-14(11-9-13)22(20,21)17-12-6-4-5-7-15(18)19/h8-11,17H,4-7,12H2,1-3H3,(H,18,19)/p-1. The lowest BCUT2D eigenvalue weighted by atomic mass is 9.87. The average molecular weight is 326 g/mol. The molecule has 0 atom stereocenters. The maximum absolute atomic E-state index is 12.1. The minimum Gasteiger partial charge on any atom is -0.550 e. The summed E-state index contributed by atoms with van der Waals surface area (Å²) in [7, 11) is -3.50. The molecule has 0 saturated carbocycles. The van der Waals surface area contributed by atoms with E-state index in [0.717, 1.165) is 5.56 Å². The minimum atomic E-state index is -3.50. The number of rotatable bonds is 8. The first-order chi connectivity index (χ1) is 10.1. The molecule has 0 spiro atoms. The average Bonchev–Trinajstić information content (AvgIpc) is 2.41. The maximum atomic E-state index is 12.1. The van der Waals surface area contributed by atoms with E-state index in [1.54, 1.807) is 12.1 Å². The molecule has 0 aliphatic rings. The second-order valence-corrected chi connectivity index (χ2v) is 8.12. The van der Waals surface area contributed by atoms with Gasteiger partial charge in [0.15, 0.2) is 0 Å². The van der Waals surface area contributed by atoms with E-state index in [0.29, 0.717) is 25.8 Å². The first-order valence-corrected chi connectivity index (χ1v) is 8.91. The molecule has 5 nitrogen and oxygen atoms in total. The van der Waals surface area contributed by atoms with E-state index in [4.69, 9.17) is 0 Å². The second-order valence-electron chi connectivity index (χ2n) is 6.35. The summed E-state index contributed by atoms with van der Waals surface area (Å²) in [6.07, 6.45) is 1.78. The van der Waals surface area contributed by atoms with Crippen molar-refractivity contribution in [3.05, 3.63) is 29.8 Å². The number of carboxylic acids is 1. The Morgan fingerprint density at radius 2 is 1.68 bits per heavy atom. The van der Waals surface area contributed by atoms with Crippen molar-refractivity contribution in [3.63, 3.8) is 0 Å². The number of carbonyl (C=O) groups excluding carboxylic acids is 1. The van der Waals surface area contributed by atoms with E-state index in [1.807, 2.05) is 12.1 Å². The molecule has 6 heteroatoms. The van der Waals surface area contributed by atoms with Crippen LogP contribution in [0.15, 0.2) is 29.2 Å². The summed E-state index contributed by atoms with van der Waals surface area (Å²) < 4.78 is 26.8. The van der Waals surface area contributed by atoms with Crippen molar-refractivity contribution in [2.75, 3.05) is 6.54 Å². The minimum absolute atomic E-state index is 0.0149. The van der Waals surface area contributed by atoms with Crippen molar-refractivity contribution in [1.29, 1.82) is 0 Å². The van der Waals surface area contributed by atoms with Gasteiger partial charge in [-0.15, -0.1) is 0 Å². The first-order valence-electron chi connectivity index (χ1n) is 7.43. The summed E-state index contributed by atoms with van der Waals surface area (Å²) >= 11 is 0. The van der Waals surface area contributed by atoms with Gasteiger partial charge in [-0.2, -0.15) is 0 Å². The monoisotopic (exact) mass is 326 g/mol. The summed E-state index contributed by atoms with van der Waals surface area (Å²) in [5.41, 5.74) is 1.06. The van der Waals surface area contributed by atoms with E-state index in [2.05, 4.69) is 25.5 Å². The third kappa shape index (κ3) is 6.15. The van der Waals surface area contributed by atoms with Crippen LogP contribution in [-0.4, -0.2) is 20.9 Å². The van der Waals surface area contributed by atoms with Gasteiger partial charge in [-0.05, 0) is 42.4 Å². The van der Waals surface area contributed by atoms with Gasteiger partial charge in [0, 0.05) is 12.5 Å². The molecule has 0 amide bonds. The highest BCUT2D eigenvalue weighted by atomic mass is 32.2. The van der Waals surface area contributed by atoms with Crippen LogP contribution in [0.4, 0.5) is 0 Å². The van der Waals surface area contributed by atoms with E-state index in [-0.39, 0.29) is 16.7 Å². The summed E-state index contributed by atoms with van der Waals surface area (Å²) in [6.45, 7) is 6.51. The highest BCUT2D eigenvalue weighted by Crippen LogP contribution is 2.23. The molecule has 1 aromatic rings. The van der Waals surface area contributed by atoms with Crippen LogP contribution in [0.3, 0.4) is 0 Å². The third-order valence-corrected chi connectivity index (χ3v) is 4.86. The largest absolute Gasteiger partial charge is 0.550 e. The maximum Gasteiger partial charge on any atom is 0.240 e. The lowest BCUT2D eigenvalue weighted by molar-refractivity contribution is -0.305. The number of aliphatic carboxylic acids is 1. The Bertz CT molecular complexity index is 586. The zero-order valence-electron chi connectivity index (χ0n) is 13.4. The predicted octanol–water partition coefficient (Wildman–Crippen LogP) is 1.57. The molecule has 1 rings (SSSR count). The molecule has 0 heterocycles. The van der Waals surface area contributed by atoms with E-state index in [1.165, 1.54) is 0 Å².